The second-order valence-corrected chi connectivity index (χ2v) is 5.22. The molecule has 0 aliphatic carbocycles. The number of nitrogens with one attached hydrogen (secondary N) is 2. The highest BCUT2D eigenvalue weighted by Gasteiger charge is 2.17. The zero-order valence-electron chi connectivity index (χ0n) is 12.8. The Morgan fingerprint density at radius 2 is 1.88 bits per heavy atom. The molecule has 6 heteroatoms. The van der Waals surface area contributed by atoms with Crippen molar-refractivity contribution >= 4 is 6.03 Å². The lowest BCUT2D eigenvalue weighted by Gasteiger charge is -2.20. The minimum Gasteiger partial charge on any atom is -0.364 e. The average molecular weight is 325 g/mol. The molecule has 0 bridgehead atoms. The molecule has 1 heterocycles. The molecule has 1 aromatic heterocycles. The molecule has 0 fully saturated rings. The lowest BCUT2D eigenvalue weighted by molar-refractivity contribution is 0.238. The van der Waals surface area contributed by atoms with Gasteiger partial charge in [-0.15, -0.1) is 0 Å². The highest BCUT2D eigenvalue weighted by atomic mass is 19.1. The van der Waals surface area contributed by atoms with Crippen LogP contribution in [0.1, 0.15) is 22.9 Å². The summed E-state index contributed by atoms with van der Waals surface area (Å²) in [6, 6.07) is 16.4. The number of hydrogen-bond acceptors (Lipinski definition) is 3. The Kier molecular flexibility index (Phi) is 4.86. The maximum Gasteiger partial charge on any atom is 0.315 e. The minimum absolute atomic E-state index is 0.243. The van der Waals surface area contributed by atoms with E-state index in [1.807, 2.05) is 30.3 Å². The van der Waals surface area contributed by atoms with E-state index in [1.165, 1.54) is 18.4 Å². The molecule has 0 saturated carbocycles. The van der Waals surface area contributed by atoms with Crippen molar-refractivity contribution in [3.63, 3.8) is 0 Å². The van der Waals surface area contributed by atoms with Crippen molar-refractivity contribution < 1.29 is 13.7 Å². The minimum atomic E-state index is -0.459. The van der Waals surface area contributed by atoms with Gasteiger partial charge >= 0.3 is 6.03 Å². The van der Waals surface area contributed by atoms with Crippen molar-refractivity contribution in [3.05, 3.63) is 89.6 Å². The van der Waals surface area contributed by atoms with Gasteiger partial charge in [0.2, 0.25) is 0 Å². The van der Waals surface area contributed by atoms with E-state index in [1.54, 1.807) is 18.2 Å². The second-order valence-electron chi connectivity index (χ2n) is 5.22. The molecule has 3 rings (SSSR count). The molecule has 0 aliphatic rings. The molecule has 1 atom stereocenters. The van der Waals surface area contributed by atoms with Gasteiger partial charge in [-0.25, -0.2) is 9.18 Å². The Labute approximate surface area is 138 Å². The highest BCUT2D eigenvalue weighted by Crippen LogP contribution is 2.22. The van der Waals surface area contributed by atoms with E-state index in [0.29, 0.717) is 11.3 Å². The van der Waals surface area contributed by atoms with Crippen molar-refractivity contribution in [2.24, 2.45) is 0 Å². The predicted octanol–water partition coefficient (Wildman–Crippen LogP) is 3.40. The van der Waals surface area contributed by atoms with E-state index >= 15 is 0 Å². The van der Waals surface area contributed by atoms with Crippen molar-refractivity contribution in [2.45, 2.75) is 12.6 Å². The molecule has 24 heavy (non-hydrogen) atoms. The molecule has 2 amide bonds. The van der Waals surface area contributed by atoms with E-state index in [-0.39, 0.29) is 18.4 Å². The lowest BCUT2D eigenvalue weighted by atomic mass is 9.99. The van der Waals surface area contributed by atoms with E-state index in [0.717, 1.165) is 5.56 Å². The van der Waals surface area contributed by atoms with Gasteiger partial charge < -0.3 is 15.2 Å². The molecular formula is C18H16FN3O2. The van der Waals surface area contributed by atoms with Crippen LogP contribution in [0.4, 0.5) is 9.18 Å². The standard InChI is InChI=1S/C18H16FN3O2/c19-15-8-4-7-14(11-15)17(13-5-2-1-3-6-13)21-18(23)20-12-16-9-10-24-22-16/h1-11,17H,12H2,(H2,20,21,23)/t17-/m1/s1. The van der Waals surface area contributed by atoms with Gasteiger partial charge in [-0.3, -0.25) is 0 Å². The summed E-state index contributed by atoms with van der Waals surface area (Å²) in [5.74, 6) is -0.349. The van der Waals surface area contributed by atoms with Crippen molar-refractivity contribution in [3.8, 4) is 0 Å². The van der Waals surface area contributed by atoms with E-state index in [4.69, 9.17) is 4.52 Å². The van der Waals surface area contributed by atoms with Crippen molar-refractivity contribution in [1.82, 2.24) is 15.8 Å². The van der Waals surface area contributed by atoms with Gasteiger partial charge in [0.25, 0.3) is 0 Å². The average Bonchev–Trinajstić information content (AvgIpc) is 3.12. The summed E-state index contributed by atoms with van der Waals surface area (Å²) in [5, 5.41) is 9.30. The first-order chi connectivity index (χ1) is 11.7. The molecule has 2 N–H and O–H groups in total. The SMILES string of the molecule is O=C(NCc1ccon1)N[C@H](c1ccccc1)c1cccc(F)c1. The van der Waals surface area contributed by atoms with Crippen LogP contribution < -0.4 is 10.6 Å². The van der Waals surface area contributed by atoms with Crippen molar-refractivity contribution in [1.29, 1.82) is 0 Å². The zero-order chi connectivity index (χ0) is 16.8. The summed E-state index contributed by atoms with van der Waals surface area (Å²) in [5.41, 5.74) is 2.14. The van der Waals surface area contributed by atoms with Crippen LogP contribution in [0.15, 0.2) is 71.4 Å². The maximum atomic E-state index is 13.6. The molecule has 122 valence electrons. The number of aromatic nitrogens is 1. The van der Waals surface area contributed by atoms with Crippen LogP contribution in [0.2, 0.25) is 0 Å². The van der Waals surface area contributed by atoms with Crippen LogP contribution in [0.25, 0.3) is 0 Å². The van der Waals surface area contributed by atoms with Gasteiger partial charge in [0.15, 0.2) is 0 Å². The summed E-state index contributed by atoms with van der Waals surface area (Å²) in [6.07, 6.45) is 1.44. The third-order valence-electron chi connectivity index (χ3n) is 3.51. The van der Waals surface area contributed by atoms with Crippen LogP contribution >= 0.6 is 0 Å². The predicted molar refractivity (Wildman–Crippen MR) is 86.6 cm³/mol. The van der Waals surface area contributed by atoms with Gasteiger partial charge in [-0.05, 0) is 23.3 Å². The number of urea groups is 1. The molecule has 0 saturated heterocycles. The summed E-state index contributed by atoms with van der Waals surface area (Å²) < 4.78 is 18.3. The summed E-state index contributed by atoms with van der Waals surface area (Å²) in [6.45, 7) is 0.243. The number of benzene rings is 2. The first-order valence-electron chi connectivity index (χ1n) is 7.46. The molecule has 0 unspecified atom stereocenters. The van der Waals surface area contributed by atoms with Crippen LogP contribution in [0.3, 0.4) is 0 Å². The molecular weight excluding hydrogens is 309 g/mol. The number of nitrogens with zero attached hydrogens (tertiary/aromatic N) is 1. The largest absolute Gasteiger partial charge is 0.364 e. The van der Waals surface area contributed by atoms with Gasteiger partial charge in [0, 0.05) is 6.07 Å². The number of amides is 2. The smallest absolute Gasteiger partial charge is 0.315 e. The van der Waals surface area contributed by atoms with Gasteiger partial charge in [0.05, 0.1) is 12.6 Å². The first kappa shape index (κ1) is 15.7. The molecule has 0 radical (unpaired) electrons. The van der Waals surface area contributed by atoms with E-state index < -0.39 is 6.04 Å². The second kappa shape index (κ2) is 7.41. The maximum absolute atomic E-state index is 13.6. The fraction of sp³-hybridized carbons (Fsp3) is 0.111. The number of carbonyl (C=O) groups excluding carboxylic acids is 1. The highest BCUT2D eigenvalue weighted by molar-refractivity contribution is 5.75. The number of hydrogen-bond donors (Lipinski definition) is 2. The Balaban J connectivity index is 1.76. The summed E-state index contributed by atoms with van der Waals surface area (Å²) in [7, 11) is 0. The van der Waals surface area contributed by atoms with Crippen LogP contribution in [0, 0.1) is 5.82 Å². The van der Waals surface area contributed by atoms with E-state index in [9.17, 15) is 9.18 Å². The number of rotatable bonds is 5. The monoisotopic (exact) mass is 325 g/mol. The van der Waals surface area contributed by atoms with Gasteiger partial charge in [-0.1, -0.05) is 47.6 Å². The summed E-state index contributed by atoms with van der Waals surface area (Å²) >= 11 is 0. The molecule has 0 aliphatic heterocycles. The number of carbonyl (C=O) groups is 1. The quantitative estimate of drug-likeness (QED) is 0.755. The number of halogens is 1. The molecule has 3 aromatic rings. The Morgan fingerprint density at radius 3 is 2.58 bits per heavy atom. The lowest BCUT2D eigenvalue weighted by Crippen LogP contribution is -2.38. The summed E-state index contributed by atoms with van der Waals surface area (Å²) in [4.78, 5) is 12.2. The van der Waals surface area contributed by atoms with Crippen LogP contribution in [-0.4, -0.2) is 11.2 Å². The third kappa shape index (κ3) is 3.98. The zero-order valence-corrected chi connectivity index (χ0v) is 12.8. The molecule has 2 aromatic carbocycles. The van der Waals surface area contributed by atoms with E-state index in [2.05, 4.69) is 15.8 Å². The Bertz CT molecular complexity index is 791. The van der Waals surface area contributed by atoms with Crippen LogP contribution in [-0.2, 0) is 6.54 Å². The van der Waals surface area contributed by atoms with Gasteiger partial charge in [-0.2, -0.15) is 0 Å². The Morgan fingerprint density at radius 1 is 1.08 bits per heavy atom. The van der Waals surface area contributed by atoms with Crippen molar-refractivity contribution in [2.75, 3.05) is 0 Å². The van der Waals surface area contributed by atoms with Crippen LogP contribution in [0.5, 0.6) is 0 Å². The first-order valence-corrected chi connectivity index (χ1v) is 7.46. The topological polar surface area (TPSA) is 67.2 Å². The molecule has 5 nitrogen and oxygen atoms in total. The molecule has 0 spiro atoms. The van der Waals surface area contributed by atoms with Gasteiger partial charge in [0.1, 0.15) is 17.8 Å². The fourth-order valence-corrected chi connectivity index (χ4v) is 2.37. The fourth-order valence-electron chi connectivity index (χ4n) is 2.37. The Hall–Kier alpha value is -3.15. The third-order valence-corrected chi connectivity index (χ3v) is 3.51. The normalized spacial score (nSPS) is 11.7.